The molecule has 1 fully saturated rings. The molecule has 1 aromatic heterocycles. The van der Waals surface area contributed by atoms with E-state index in [1.54, 1.807) is 6.33 Å². The topological polar surface area (TPSA) is 46.1 Å². The Morgan fingerprint density at radius 1 is 1.13 bits per heavy atom. The highest BCUT2D eigenvalue weighted by molar-refractivity contribution is 6.30. The Bertz CT molecular complexity index is 713. The van der Waals surface area contributed by atoms with Crippen molar-refractivity contribution < 1.29 is 4.79 Å². The molecule has 1 amide bonds. The van der Waals surface area contributed by atoms with Crippen LogP contribution in [-0.4, -0.2) is 20.8 Å². The van der Waals surface area contributed by atoms with Crippen LogP contribution < -0.4 is 0 Å². The van der Waals surface area contributed by atoms with Crippen LogP contribution in [0.4, 0.5) is 0 Å². The largest absolute Gasteiger partial charge is 0.332 e. The summed E-state index contributed by atoms with van der Waals surface area (Å²) < 4.78 is 0. The van der Waals surface area contributed by atoms with Crippen LogP contribution in [-0.2, 0) is 23.3 Å². The molecule has 1 aliphatic heterocycles. The zero-order valence-electron chi connectivity index (χ0n) is 12.8. The number of hydrogen-bond donors (Lipinski definition) is 0. The molecular weight excluding hydrogens is 310 g/mol. The number of carbonyl (C=O) groups is 1. The highest BCUT2D eigenvalue weighted by Crippen LogP contribution is 2.44. The van der Waals surface area contributed by atoms with Gasteiger partial charge in [0, 0.05) is 23.3 Å². The molecule has 0 radical (unpaired) electrons. The molecule has 1 saturated carbocycles. The SMILES string of the molecule is O=C(N1Cc2cncnc2C1)C1(c2ccc(Cl)cc2)CCCC1. The summed E-state index contributed by atoms with van der Waals surface area (Å²) in [5.74, 6) is 0.218. The van der Waals surface area contributed by atoms with E-state index in [1.807, 2.05) is 35.4 Å². The first-order valence-corrected chi connectivity index (χ1v) is 8.40. The third-order valence-corrected chi connectivity index (χ3v) is 5.39. The van der Waals surface area contributed by atoms with Gasteiger partial charge in [-0.2, -0.15) is 0 Å². The summed E-state index contributed by atoms with van der Waals surface area (Å²) in [5.41, 5.74) is 2.72. The van der Waals surface area contributed by atoms with Crippen molar-refractivity contribution in [3.05, 3.63) is 58.6 Å². The van der Waals surface area contributed by atoms with E-state index in [2.05, 4.69) is 9.97 Å². The second-order valence-corrected chi connectivity index (χ2v) is 6.89. The first kappa shape index (κ1) is 14.6. The van der Waals surface area contributed by atoms with E-state index in [1.165, 1.54) is 0 Å². The third-order valence-electron chi connectivity index (χ3n) is 5.13. The Balaban J connectivity index is 1.66. The van der Waals surface area contributed by atoms with Crippen molar-refractivity contribution in [2.45, 2.75) is 44.2 Å². The smallest absolute Gasteiger partial charge is 0.233 e. The van der Waals surface area contributed by atoms with Crippen molar-refractivity contribution in [3.8, 4) is 0 Å². The second-order valence-electron chi connectivity index (χ2n) is 6.45. The molecule has 1 aromatic carbocycles. The van der Waals surface area contributed by atoms with E-state index >= 15 is 0 Å². The lowest BCUT2D eigenvalue weighted by Gasteiger charge is -2.32. The molecule has 23 heavy (non-hydrogen) atoms. The number of rotatable bonds is 2. The summed E-state index contributed by atoms with van der Waals surface area (Å²) in [7, 11) is 0. The minimum atomic E-state index is -0.403. The molecule has 118 valence electrons. The molecule has 0 atom stereocenters. The lowest BCUT2D eigenvalue weighted by Crippen LogP contribution is -2.43. The Kier molecular flexibility index (Phi) is 3.57. The molecule has 0 unspecified atom stereocenters. The summed E-state index contributed by atoms with van der Waals surface area (Å²) >= 11 is 6.02. The van der Waals surface area contributed by atoms with E-state index in [-0.39, 0.29) is 5.91 Å². The van der Waals surface area contributed by atoms with Crippen molar-refractivity contribution in [3.63, 3.8) is 0 Å². The van der Waals surface area contributed by atoms with Crippen molar-refractivity contribution in [2.24, 2.45) is 0 Å². The molecule has 0 spiro atoms. The Hall–Kier alpha value is -1.94. The van der Waals surface area contributed by atoms with Gasteiger partial charge in [-0.15, -0.1) is 0 Å². The Morgan fingerprint density at radius 2 is 1.87 bits per heavy atom. The zero-order chi connectivity index (χ0) is 15.9. The van der Waals surface area contributed by atoms with Gasteiger partial charge in [-0.05, 0) is 30.5 Å². The predicted molar refractivity (Wildman–Crippen MR) is 87.9 cm³/mol. The fourth-order valence-electron chi connectivity index (χ4n) is 3.92. The van der Waals surface area contributed by atoms with Crippen molar-refractivity contribution in [1.29, 1.82) is 0 Å². The van der Waals surface area contributed by atoms with Crippen LogP contribution in [0.3, 0.4) is 0 Å². The maximum Gasteiger partial charge on any atom is 0.233 e. The van der Waals surface area contributed by atoms with Crippen molar-refractivity contribution in [2.75, 3.05) is 0 Å². The van der Waals surface area contributed by atoms with Crippen LogP contribution in [0.2, 0.25) is 5.02 Å². The molecule has 2 heterocycles. The maximum absolute atomic E-state index is 13.4. The number of carbonyl (C=O) groups excluding carboxylic acids is 1. The molecular formula is C18H18ClN3O. The van der Waals surface area contributed by atoms with Crippen LogP contribution in [0.1, 0.15) is 42.5 Å². The first-order valence-electron chi connectivity index (χ1n) is 8.02. The average Bonchev–Trinajstić information content (AvgIpc) is 3.22. The monoisotopic (exact) mass is 327 g/mol. The number of hydrogen-bond acceptors (Lipinski definition) is 3. The van der Waals surface area contributed by atoms with Crippen LogP contribution in [0.5, 0.6) is 0 Å². The zero-order valence-corrected chi connectivity index (χ0v) is 13.6. The third kappa shape index (κ3) is 2.41. The number of fused-ring (bicyclic) bond motifs is 1. The van der Waals surface area contributed by atoms with Crippen molar-refractivity contribution in [1.82, 2.24) is 14.9 Å². The molecule has 1 aliphatic carbocycles. The molecule has 0 saturated heterocycles. The van der Waals surface area contributed by atoms with E-state index < -0.39 is 5.41 Å². The van der Waals surface area contributed by atoms with Gasteiger partial charge >= 0.3 is 0 Å². The van der Waals surface area contributed by atoms with Gasteiger partial charge in [0.1, 0.15) is 6.33 Å². The number of halogens is 1. The standard InChI is InChI=1S/C18H18ClN3O/c19-15-5-3-14(4-6-15)18(7-1-2-8-18)17(23)22-10-13-9-20-12-21-16(13)11-22/h3-6,9,12H,1-2,7-8,10-11H2. The number of benzene rings is 1. The van der Waals surface area contributed by atoms with Gasteiger partial charge in [-0.3, -0.25) is 4.79 Å². The first-order chi connectivity index (χ1) is 11.2. The van der Waals surface area contributed by atoms with Gasteiger partial charge < -0.3 is 4.90 Å². The fourth-order valence-corrected chi connectivity index (χ4v) is 4.05. The predicted octanol–water partition coefficient (Wildman–Crippen LogP) is 3.48. The molecule has 0 bridgehead atoms. The van der Waals surface area contributed by atoms with E-state index in [0.29, 0.717) is 18.1 Å². The molecule has 2 aromatic rings. The highest BCUT2D eigenvalue weighted by Gasteiger charge is 2.46. The summed E-state index contributed by atoms with van der Waals surface area (Å²) in [4.78, 5) is 23.7. The molecule has 0 N–H and O–H groups in total. The average molecular weight is 328 g/mol. The fraction of sp³-hybridized carbons (Fsp3) is 0.389. The number of amides is 1. The Morgan fingerprint density at radius 3 is 2.57 bits per heavy atom. The van der Waals surface area contributed by atoms with Gasteiger partial charge in [0.25, 0.3) is 0 Å². The summed E-state index contributed by atoms with van der Waals surface area (Å²) in [6.45, 7) is 1.20. The van der Waals surface area contributed by atoms with Gasteiger partial charge in [-0.1, -0.05) is 36.6 Å². The van der Waals surface area contributed by atoms with Crippen LogP contribution in [0.15, 0.2) is 36.8 Å². The molecule has 4 rings (SSSR count). The van der Waals surface area contributed by atoms with Gasteiger partial charge in [-0.25, -0.2) is 9.97 Å². The van der Waals surface area contributed by atoms with Crippen LogP contribution in [0.25, 0.3) is 0 Å². The molecule has 2 aliphatic rings. The van der Waals surface area contributed by atoms with E-state index in [4.69, 9.17) is 11.6 Å². The quantitative estimate of drug-likeness (QED) is 0.848. The summed E-state index contributed by atoms with van der Waals surface area (Å²) in [5, 5.41) is 0.707. The Labute approximate surface area is 140 Å². The minimum Gasteiger partial charge on any atom is -0.332 e. The van der Waals surface area contributed by atoms with Crippen LogP contribution in [0, 0.1) is 0 Å². The van der Waals surface area contributed by atoms with E-state index in [9.17, 15) is 4.79 Å². The normalized spacial score (nSPS) is 18.9. The number of aromatic nitrogens is 2. The van der Waals surface area contributed by atoms with Gasteiger partial charge in [0.05, 0.1) is 17.7 Å². The highest BCUT2D eigenvalue weighted by atomic mass is 35.5. The summed E-state index contributed by atoms with van der Waals surface area (Å²) in [6, 6.07) is 7.78. The lowest BCUT2D eigenvalue weighted by atomic mass is 9.77. The molecule has 4 nitrogen and oxygen atoms in total. The second kappa shape index (κ2) is 5.60. The van der Waals surface area contributed by atoms with Crippen LogP contribution >= 0.6 is 11.6 Å². The van der Waals surface area contributed by atoms with E-state index in [0.717, 1.165) is 42.5 Å². The van der Waals surface area contributed by atoms with Crippen molar-refractivity contribution >= 4 is 17.5 Å². The van der Waals surface area contributed by atoms with Gasteiger partial charge in [0.15, 0.2) is 0 Å². The minimum absolute atomic E-state index is 0.218. The maximum atomic E-state index is 13.4. The van der Waals surface area contributed by atoms with Gasteiger partial charge in [0.2, 0.25) is 5.91 Å². The summed E-state index contributed by atoms with van der Waals surface area (Å²) in [6.07, 6.45) is 7.37. The molecule has 5 heteroatoms. The lowest BCUT2D eigenvalue weighted by molar-refractivity contribution is -0.138. The number of nitrogens with zero attached hydrogens (tertiary/aromatic N) is 3.